The van der Waals surface area contributed by atoms with E-state index in [0.717, 1.165) is 5.56 Å². The maximum absolute atomic E-state index is 12.6. The minimum Gasteiger partial charge on any atom is -0.353 e. The van der Waals surface area contributed by atoms with Crippen LogP contribution in [-0.2, 0) is 14.8 Å². The lowest BCUT2D eigenvalue weighted by atomic mass is 10.1. The van der Waals surface area contributed by atoms with Gasteiger partial charge in [0.15, 0.2) is 0 Å². The molecule has 110 valence electrons. The van der Waals surface area contributed by atoms with E-state index in [9.17, 15) is 13.2 Å². The lowest BCUT2D eigenvalue weighted by molar-refractivity contribution is -0.126. The molecule has 3 N–H and O–H groups in total. The molecule has 1 saturated heterocycles. The van der Waals surface area contributed by atoms with Gasteiger partial charge in [-0.1, -0.05) is 12.1 Å². The van der Waals surface area contributed by atoms with E-state index in [-0.39, 0.29) is 23.4 Å². The molecule has 7 heteroatoms. The molecule has 0 bridgehead atoms. The molecular formula is C13H19N3O3S. The highest BCUT2D eigenvalue weighted by atomic mass is 32.2. The maximum atomic E-state index is 12.6. The zero-order valence-corrected chi connectivity index (χ0v) is 12.4. The van der Waals surface area contributed by atoms with Crippen LogP contribution in [0.1, 0.15) is 25.5 Å². The summed E-state index contributed by atoms with van der Waals surface area (Å²) in [7, 11) is -3.68. The standard InChI is InChI=1S/C13H19N3O3S/c1-9(14)11-4-3-5-12(8-11)20(18,19)16-7-6-15-13(17)10(16)2/h3-5,8-10H,6-7,14H2,1-2H3,(H,15,17). The third-order valence-electron chi connectivity index (χ3n) is 3.43. The first-order valence-corrected chi connectivity index (χ1v) is 7.93. The Labute approximate surface area is 119 Å². The van der Waals surface area contributed by atoms with E-state index in [1.165, 1.54) is 10.4 Å². The van der Waals surface area contributed by atoms with Crippen molar-refractivity contribution in [2.75, 3.05) is 13.1 Å². The summed E-state index contributed by atoms with van der Waals surface area (Å²) in [6.07, 6.45) is 0. The van der Waals surface area contributed by atoms with Crippen molar-refractivity contribution in [3.05, 3.63) is 29.8 Å². The summed E-state index contributed by atoms with van der Waals surface area (Å²) in [6, 6.07) is 5.61. The van der Waals surface area contributed by atoms with Gasteiger partial charge in [-0.15, -0.1) is 0 Å². The highest BCUT2D eigenvalue weighted by molar-refractivity contribution is 7.89. The molecule has 0 radical (unpaired) electrons. The zero-order valence-electron chi connectivity index (χ0n) is 11.5. The van der Waals surface area contributed by atoms with Gasteiger partial charge in [0.2, 0.25) is 15.9 Å². The van der Waals surface area contributed by atoms with Crippen LogP contribution >= 0.6 is 0 Å². The molecule has 1 fully saturated rings. The van der Waals surface area contributed by atoms with Gasteiger partial charge in [0.1, 0.15) is 6.04 Å². The molecule has 1 aliphatic heterocycles. The summed E-state index contributed by atoms with van der Waals surface area (Å²) in [4.78, 5) is 11.8. The molecule has 2 unspecified atom stereocenters. The van der Waals surface area contributed by atoms with Crippen LogP contribution in [0.2, 0.25) is 0 Å². The first-order valence-electron chi connectivity index (χ1n) is 6.49. The minimum atomic E-state index is -3.68. The number of carbonyl (C=O) groups is 1. The Hall–Kier alpha value is -1.44. The quantitative estimate of drug-likeness (QED) is 0.834. The van der Waals surface area contributed by atoms with Crippen LogP contribution < -0.4 is 11.1 Å². The normalized spacial score (nSPS) is 22.4. The number of piperazine rings is 1. The second-order valence-corrected chi connectivity index (χ2v) is 6.83. The van der Waals surface area contributed by atoms with Crippen molar-refractivity contribution in [3.63, 3.8) is 0 Å². The second-order valence-electron chi connectivity index (χ2n) is 4.94. The van der Waals surface area contributed by atoms with E-state index in [4.69, 9.17) is 5.73 Å². The fourth-order valence-electron chi connectivity index (χ4n) is 2.18. The van der Waals surface area contributed by atoms with Crippen molar-refractivity contribution in [2.24, 2.45) is 5.73 Å². The summed E-state index contributed by atoms with van der Waals surface area (Å²) in [5, 5.41) is 2.65. The van der Waals surface area contributed by atoms with Gasteiger partial charge >= 0.3 is 0 Å². The monoisotopic (exact) mass is 297 g/mol. The molecule has 0 spiro atoms. The van der Waals surface area contributed by atoms with Crippen molar-refractivity contribution in [2.45, 2.75) is 30.8 Å². The van der Waals surface area contributed by atoms with E-state index in [1.807, 2.05) is 0 Å². The van der Waals surface area contributed by atoms with Gasteiger partial charge in [-0.3, -0.25) is 4.79 Å². The lowest BCUT2D eigenvalue weighted by Gasteiger charge is -2.31. The first kappa shape index (κ1) is 15.0. The molecule has 0 aliphatic carbocycles. The number of nitrogens with two attached hydrogens (primary N) is 1. The average molecular weight is 297 g/mol. The van der Waals surface area contributed by atoms with E-state index < -0.39 is 16.1 Å². The topological polar surface area (TPSA) is 92.5 Å². The molecular weight excluding hydrogens is 278 g/mol. The Kier molecular flexibility index (Phi) is 4.12. The molecule has 1 heterocycles. The first-order chi connectivity index (χ1) is 9.34. The van der Waals surface area contributed by atoms with Crippen LogP contribution in [-0.4, -0.2) is 37.8 Å². The molecule has 2 atom stereocenters. The van der Waals surface area contributed by atoms with Gasteiger partial charge in [-0.05, 0) is 31.5 Å². The van der Waals surface area contributed by atoms with Crippen molar-refractivity contribution in [1.29, 1.82) is 0 Å². The zero-order chi connectivity index (χ0) is 14.9. The summed E-state index contributed by atoms with van der Waals surface area (Å²) in [6.45, 7) is 3.98. The minimum absolute atomic E-state index is 0.175. The molecule has 1 amide bonds. The number of rotatable bonds is 3. The SMILES string of the molecule is CC(N)c1cccc(S(=O)(=O)N2CCNC(=O)C2C)c1. The van der Waals surface area contributed by atoms with Gasteiger partial charge in [0, 0.05) is 19.1 Å². The number of hydrogen-bond acceptors (Lipinski definition) is 4. The fourth-order valence-corrected chi connectivity index (χ4v) is 3.83. The fraction of sp³-hybridized carbons (Fsp3) is 0.462. The number of amides is 1. The Balaban J connectivity index is 2.39. The van der Waals surface area contributed by atoms with E-state index in [1.54, 1.807) is 32.0 Å². The van der Waals surface area contributed by atoms with Crippen molar-refractivity contribution < 1.29 is 13.2 Å². The summed E-state index contributed by atoms with van der Waals surface area (Å²) in [5.41, 5.74) is 6.53. The highest BCUT2D eigenvalue weighted by Crippen LogP contribution is 2.22. The molecule has 1 aliphatic rings. The third-order valence-corrected chi connectivity index (χ3v) is 5.40. The maximum Gasteiger partial charge on any atom is 0.243 e. The molecule has 6 nitrogen and oxygen atoms in total. The van der Waals surface area contributed by atoms with Crippen LogP contribution in [0.4, 0.5) is 0 Å². The number of nitrogens with zero attached hydrogens (tertiary/aromatic N) is 1. The molecule has 20 heavy (non-hydrogen) atoms. The Morgan fingerprint density at radius 3 is 2.80 bits per heavy atom. The number of sulfonamides is 1. The number of benzene rings is 1. The van der Waals surface area contributed by atoms with Crippen LogP contribution in [0.25, 0.3) is 0 Å². The highest BCUT2D eigenvalue weighted by Gasteiger charge is 2.35. The molecule has 2 rings (SSSR count). The van der Waals surface area contributed by atoms with Crippen LogP contribution in [0.15, 0.2) is 29.2 Å². The van der Waals surface area contributed by atoms with Crippen molar-refractivity contribution >= 4 is 15.9 Å². The summed E-state index contributed by atoms with van der Waals surface area (Å²) < 4.78 is 26.5. The second kappa shape index (κ2) is 5.51. The van der Waals surface area contributed by atoms with E-state index in [0.29, 0.717) is 6.54 Å². The number of carbonyl (C=O) groups excluding carboxylic acids is 1. The predicted octanol–water partition coefficient (Wildman–Crippen LogP) is 0.215. The van der Waals surface area contributed by atoms with Crippen LogP contribution in [0.5, 0.6) is 0 Å². The largest absolute Gasteiger partial charge is 0.353 e. The number of hydrogen-bond donors (Lipinski definition) is 2. The van der Waals surface area contributed by atoms with Gasteiger partial charge in [0.05, 0.1) is 4.90 Å². The van der Waals surface area contributed by atoms with Crippen LogP contribution in [0.3, 0.4) is 0 Å². The van der Waals surface area contributed by atoms with Crippen molar-refractivity contribution in [3.8, 4) is 0 Å². The van der Waals surface area contributed by atoms with E-state index in [2.05, 4.69) is 5.32 Å². The molecule has 0 aromatic heterocycles. The summed E-state index contributed by atoms with van der Waals surface area (Å²) >= 11 is 0. The van der Waals surface area contributed by atoms with Gasteiger partial charge in [-0.25, -0.2) is 8.42 Å². The Morgan fingerprint density at radius 1 is 1.45 bits per heavy atom. The van der Waals surface area contributed by atoms with Crippen molar-refractivity contribution in [1.82, 2.24) is 9.62 Å². The smallest absolute Gasteiger partial charge is 0.243 e. The van der Waals surface area contributed by atoms with Gasteiger partial charge in [-0.2, -0.15) is 4.31 Å². The Bertz CT molecular complexity index is 613. The molecule has 1 aromatic carbocycles. The third kappa shape index (κ3) is 2.70. The molecule has 1 aromatic rings. The van der Waals surface area contributed by atoms with Crippen LogP contribution in [0, 0.1) is 0 Å². The molecule has 0 saturated carbocycles. The van der Waals surface area contributed by atoms with Gasteiger partial charge < -0.3 is 11.1 Å². The lowest BCUT2D eigenvalue weighted by Crippen LogP contribution is -2.55. The summed E-state index contributed by atoms with van der Waals surface area (Å²) in [5.74, 6) is -0.275. The predicted molar refractivity (Wildman–Crippen MR) is 75.4 cm³/mol. The Morgan fingerprint density at radius 2 is 2.15 bits per heavy atom. The van der Waals surface area contributed by atoms with E-state index >= 15 is 0 Å². The average Bonchev–Trinajstić information content (AvgIpc) is 2.41. The number of nitrogens with one attached hydrogen (secondary N) is 1. The van der Waals surface area contributed by atoms with Gasteiger partial charge in [0.25, 0.3) is 0 Å².